The van der Waals surface area contributed by atoms with Gasteiger partial charge in [-0.15, -0.1) is 0 Å². The van der Waals surface area contributed by atoms with Gasteiger partial charge >= 0.3 is 0 Å². The van der Waals surface area contributed by atoms with E-state index in [9.17, 15) is 4.79 Å². The van der Waals surface area contributed by atoms with E-state index in [2.05, 4.69) is 28.0 Å². The smallest absolute Gasteiger partial charge is 0.251 e. The quantitative estimate of drug-likeness (QED) is 0.153. The van der Waals surface area contributed by atoms with Crippen LogP contribution < -0.4 is 5.32 Å². The second kappa shape index (κ2) is 13.8. The summed E-state index contributed by atoms with van der Waals surface area (Å²) >= 11 is 4.22. The highest BCUT2D eigenvalue weighted by atomic mass is 32.1. The Hall–Kier alpha value is -1.65. The molecule has 1 rings (SSSR count). The predicted octanol–water partition coefficient (Wildman–Crippen LogP) is 5.80. The van der Waals surface area contributed by atoms with Crippen molar-refractivity contribution in [2.24, 2.45) is 5.11 Å². The lowest BCUT2D eigenvalue weighted by atomic mass is 10.1. The van der Waals surface area contributed by atoms with Crippen LogP contribution in [0.1, 0.15) is 68.1 Å². The van der Waals surface area contributed by atoms with E-state index in [1.165, 1.54) is 44.9 Å². The van der Waals surface area contributed by atoms with Crippen molar-refractivity contribution in [3.63, 3.8) is 0 Å². The first-order valence-electron chi connectivity index (χ1n) is 8.82. The highest BCUT2D eigenvalue weighted by Gasteiger charge is 2.04. The highest BCUT2D eigenvalue weighted by Crippen LogP contribution is 2.13. The van der Waals surface area contributed by atoms with E-state index in [-0.39, 0.29) is 5.91 Å². The Balaban J connectivity index is 2.02. The molecule has 6 heteroatoms. The van der Waals surface area contributed by atoms with Crippen LogP contribution in [0.4, 0.5) is 5.69 Å². The zero-order valence-electron chi connectivity index (χ0n) is 14.3. The summed E-state index contributed by atoms with van der Waals surface area (Å²) in [4.78, 5) is 14.7. The maximum absolute atomic E-state index is 12.0. The molecule has 0 aliphatic carbocycles. The fourth-order valence-corrected chi connectivity index (χ4v) is 2.73. The zero-order chi connectivity index (χ0) is 17.5. The van der Waals surface area contributed by atoms with Gasteiger partial charge in [-0.2, -0.15) is 12.6 Å². The lowest BCUT2D eigenvalue weighted by Gasteiger charge is -2.06. The summed E-state index contributed by atoms with van der Waals surface area (Å²) in [5.74, 6) is 0.926. The van der Waals surface area contributed by atoms with Crippen LogP contribution in [0.15, 0.2) is 29.4 Å². The predicted molar refractivity (Wildman–Crippen MR) is 103 cm³/mol. The summed E-state index contributed by atoms with van der Waals surface area (Å²) in [6.45, 7) is 0.707. The summed E-state index contributed by atoms with van der Waals surface area (Å²) < 4.78 is 0. The lowest BCUT2D eigenvalue weighted by Crippen LogP contribution is -2.24. The number of hydrogen-bond donors (Lipinski definition) is 2. The molecule has 0 fully saturated rings. The number of thiol groups is 1. The van der Waals surface area contributed by atoms with Crippen LogP contribution in [0.3, 0.4) is 0 Å². The fraction of sp³-hybridized carbons (Fsp3) is 0.611. The van der Waals surface area contributed by atoms with Crippen molar-refractivity contribution >= 4 is 24.2 Å². The van der Waals surface area contributed by atoms with Crippen LogP contribution in [0.25, 0.3) is 10.4 Å². The molecule has 24 heavy (non-hydrogen) atoms. The number of unbranched alkanes of at least 4 members (excludes halogenated alkanes) is 8. The van der Waals surface area contributed by atoms with E-state index in [0.717, 1.165) is 18.6 Å². The van der Waals surface area contributed by atoms with Crippen molar-refractivity contribution < 1.29 is 4.79 Å². The van der Waals surface area contributed by atoms with E-state index < -0.39 is 0 Å². The lowest BCUT2D eigenvalue weighted by molar-refractivity contribution is 0.0953. The molecule has 1 aromatic rings. The van der Waals surface area contributed by atoms with Crippen LogP contribution in [0.2, 0.25) is 0 Å². The van der Waals surface area contributed by atoms with Gasteiger partial charge in [-0.05, 0) is 36.3 Å². The molecule has 132 valence electrons. The Morgan fingerprint density at radius 2 is 1.50 bits per heavy atom. The average molecular weight is 349 g/mol. The maximum Gasteiger partial charge on any atom is 0.251 e. The van der Waals surface area contributed by atoms with Gasteiger partial charge in [0, 0.05) is 22.7 Å². The molecule has 0 unspecified atom stereocenters. The molecule has 1 amide bonds. The second-order valence-electron chi connectivity index (χ2n) is 5.90. The summed E-state index contributed by atoms with van der Waals surface area (Å²) in [5.41, 5.74) is 9.45. The number of nitrogens with zero attached hydrogens (tertiary/aromatic N) is 3. The topological polar surface area (TPSA) is 77.9 Å². The van der Waals surface area contributed by atoms with E-state index in [4.69, 9.17) is 5.53 Å². The summed E-state index contributed by atoms with van der Waals surface area (Å²) in [7, 11) is 0. The van der Waals surface area contributed by atoms with E-state index >= 15 is 0 Å². The molecule has 0 aromatic heterocycles. The Morgan fingerprint density at radius 3 is 2.04 bits per heavy atom. The SMILES string of the molecule is [N-]=[N+]=Nc1ccc(C(=O)NCCCCCCCCCCCS)cc1. The molecule has 0 aliphatic heterocycles. The van der Waals surface area contributed by atoms with Crippen molar-refractivity contribution in [1.82, 2.24) is 5.32 Å². The number of nitrogens with one attached hydrogen (secondary N) is 1. The van der Waals surface area contributed by atoms with Crippen LogP contribution in [-0.2, 0) is 0 Å². The van der Waals surface area contributed by atoms with Crippen molar-refractivity contribution in [2.75, 3.05) is 12.3 Å². The molecule has 1 N–H and O–H groups in total. The molecule has 0 aliphatic rings. The minimum atomic E-state index is -0.0772. The fourth-order valence-electron chi connectivity index (χ4n) is 2.51. The van der Waals surface area contributed by atoms with Gasteiger partial charge in [-0.1, -0.05) is 62.2 Å². The zero-order valence-corrected chi connectivity index (χ0v) is 15.2. The number of carbonyl (C=O) groups excluding carboxylic acids is 1. The largest absolute Gasteiger partial charge is 0.352 e. The monoisotopic (exact) mass is 348 g/mol. The number of hydrogen-bond acceptors (Lipinski definition) is 3. The molecular weight excluding hydrogens is 320 g/mol. The Bertz CT molecular complexity index is 512. The summed E-state index contributed by atoms with van der Waals surface area (Å²) in [6.07, 6.45) is 11.2. The summed E-state index contributed by atoms with van der Waals surface area (Å²) in [6, 6.07) is 6.63. The van der Waals surface area contributed by atoms with Gasteiger partial charge in [0.05, 0.1) is 0 Å². The number of benzene rings is 1. The molecular formula is C18H28N4OS. The van der Waals surface area contributed by atoms with Gasteiger partial charge in [0.25, 0.3) is 5.91 Å². The minimum absolute atomic E-state index is 0.0772. The minimum Gasteiger partial charge on any atom is -0.352 e. The van der Waals surface area contributed by atoms with Crippen molar-refractivity contribution in [1.29, 1.82) is 0 Å². The van der Waals surface area contributed by atoms with Gasteiger partial charge < -0.3 is 5.32 Å². The van der Waals surface area contributed by atoms with E-state index in [0.29, 0.717) is 17.8 Å². The molecule has 0 bridgehead atoms. The molecule has 0 spiro atoms. The van der Waals surface area contributed by atoms with Crippen molar-refractivity contribution in [3.8, 4) is 0 Å². The van der Waals surface area contributed by atoms with Crippen molar-refractivity contribution in [2.45, 2.75) is 57.8 Å². The van der Waals surface area contributed by atoms with Crippen LogP contribution in [-0.4, -0.2) is 18.2 Å². The van der Waals surface area contributed by atoms with Crippen molar-refractivity contribution in [3.05, 3.63) is 40.3 Å². The molecule has 0 saturated carbocycles. The van der Waals surface area contributed by atoms with Gasteiger partial charge in [0.15, 0.2) is 0 Å². The standard InChI is InChI=1S/C18H28N4OS/c19-22-21-17-12-10-16(11-13-17)18(23)20-14-8-6-4-2-1-3-5-7-9-15-24/h10-13,24H,1-9,14-15H2,(H,20,23). The van der Waals surface area contributed by atoms with Gasteiger partial charge in [0.1, 0.15) is 0 Å². The van der Waals surface area contributed by atoms with E-state index in [1.54, 1.807) is 24.3 Å². The molecule has 0 heterocycles. The third kappa shape index (κ3) is 9.48. The first kappa shape index (κ1) is 20.4. The maximum atomic E-state index is 12.0. The molecule has 0 saturated heterocycles. The first-order valence-corrected chi connectivity index (χ1v) is 9.45. The van der Waals surface area contributed by atoms with Crippen LogP contribution >= 0.6 is 12.6 Å². The third-order valence-electron chi connectivity index (χ3n) is 3.91. The van der Waals surface area contributed by atoms with Crippen LogP contribution in [0, 0.1) is 0 Å². The first-order chi connectivity index (χ1) is 11.8. The number of amides is 1. The Labute approximate surface area is 150 Å². The van der Waals surface area contributed by atoms with Crippen LogP contribution in [0.5, 0.6) is 0 Å². The van der Waals surface area contributed by atoms with E-state index in [1.807, 2.05) is 0 Å². The normalized spacial score (nSPS) is 10.2. The second-order valence-corrected chi connectivity index (χ2v) is 6.35. The summed E-state index contributed by atoms with van der Waals surface area (Å²) in [5, 5.41) is 6.41. The Kier molecular flexibility index (Phi) is 11.7. The van der Waals surface area contributed by atoms with Gasteiger partial charge in [0.2, 0.25) is 0 Å². The molecule has 0 atom stereocenters. The molecule has 5 nitrogen and oxygen atoms in total. The molecule has 1 aromatic carbocycles. The Morgan fingerprint density at radius 1 is 0.958 bits per heavy atom. The number of rotatable bonds is 13. The average Bonchev–Trinajstić information content (AvgIpc) is 2.60. The number of carbonyl (C=O) groups is 1. The number of azide groups is 1. The van der Waals surface area contributed by atoms with Gasteiger partial charge in [-0.25, -0.2) is 0 Å². The molecule has 0 radical (unpaired) electrons. The third-order valence-corrected chi connectivity index (χ3v) is 4.23. The highest BCUT2D eigenvalue weighted by molar-refractivity contribution is 7.80. The van der Waals surface area contributed by atoms with Gasteiger partial charge in [-0.3, -0.25) is 4.79 Å².